The van der Waals surface area contributed by atoms with Crippen molar-refractivity contribution in [3.8, 4) is 0 Å². The van der Waals surface area contributed by atoms with E-state index in [0.29, 0.717) is 25.3 Å². The average molecular weight is 264 g/mol. The monoisotopic (exact) mass is 264 g/mol. The number of nitrogens with one attached hydrogen (secondary N) is 2. The van der Waals surface area contributed by atoms with Crippen LogP contribution in [0, 0.1) is 0 Å². The Morgan fingerprint density at radius 2 is 1.84 bits per heavy atom. The number of benzene rings is 1. The molecule has 5 heteroatoms. The molecule has 0 aliphatic rings. The Balaban J connectivity index is 2.42. The van der Waals surface area contributed by atoms with E-state index >= 15 is 0 Å². The maximum absolute atomic E-state index is 11.8. The van der Waals surface area contributed by atoms with Crippen molar-refractivity contribution in [3.63, 3.8) is 0 Å². The van der Waals surface area contributed by atoms with E-state index in [9.17, 15) is 9.59 Å². The summed E-state index contributed by atoms with van der Waals surface area (Å²) in [7, 11) is 1.63. The summed E-state index contributed by atoms with van der Waals surface area (Å²) < 4.78 is 4.91. The summed E-state index contributed by atoms with van der Waals surface area (Å²) in [6.07, 6.45) is 0.794. The molecule has 0 saturated heterocycles. The standard InChI is InChI=1S/C14H20N2O3/c1-11(17)16-10-12-4-6-13(7-5-12)14(18)15-8-3-9-19-2/h4-7H,3,8-10H2,1-2H3,(H,15,18)(H,16,17). The van der Waals surface area contributed by atoms with Crippen LogP contribution in [0.1, 0.15) is 29.3 Å². The molecule has 0 aliphatic heterocycles. The van der Waals surface area contributed by atoms with Crippen LogP contribution in [0.2, 0.25) is 0 Å². The predicted octanol–water partition coefficient (Wildman–Crippen LogP) is 1.09. The zero-order valence-electron chi connectivity index (χ0n) is 11.4. The smallest absolute Gasteiger partial charge is 0.251 e. The molecule has 0 aromatic heterocycles. The second kappa shape index (κ2) is 8.26. The Morgan fingerprint density at radius 1 is 1.16 bits per heavy atom. The number of carbonyl (C=O) groups excluding carboxylic acids is 2. The molecule has 5 nitrogen and oxygen atoms in total. The number of amides is 2. The summed E-state index contributed by atoms with van der Waals surface area (Å²) in [6.45, 7) is 3.18. The van der Waals surface area contributed by atoms with Gasteiger partial charge in [0.1, 0.15) is 0 Å². The van der Waals surface area contributed by atoms with Crippen LogP contribution in [0.25, 0.3) is 0 Å². The largest absolute Gasteiger partial charge is 0.385 e. The van der Waals surface area contributed by atoms with Gasteiger partial charge in [-0.2, -0.15) is 0 Å². The Labute approximate surface area is 113 Å². The molecule has 19 heavy (non-hydrogen) atoms. The highest BCUT2D eigenvalue weighted by molar-refractivity contribution is 5.94. The lowest BCUT2D eigenvalue weighted by atomic mass is 10.1. The number of hydrogen-bond acceptors (Lipinski definition) is 3. The number of rotatable bonds is 7. The molecule has 0 atom stereocenters. The molecule has 2 amide bonds. The number of carbonyl (C=O) groups is 2. The topological polar surface area (TPSA) is 67.4 Å². The summed E-state index contributed by atoms with van der Waals surface area (Å²) in [5, 5.41) is 5.52. The van der Waals surface area contributed by atoms with Crippen molar-refractivity contribution in [1.29, 1.82) is 0 Å². The summed E-state index contributed by atoms with van der Waals surface area (Å²) >= 11 is 0. The fourth-order valence-electron chi connectivity index (χ4n) is 1.52. The van der Waals surface area contributed by atoms with Gasteiger partial charge in [0.15, 0.2) is 0 Å². The molecule has 2 N–H and O–H groups in total. The predicted molar refractivity (Wildman–Crippen MR) is 72.8 cm³/mol. The van der Waals surface area contributed by atoms with E-state index in [2.05, 4.69) is 10.6 Å². The zero-order chi connectivity index (χ0) is 14.1. The molecule has 1 aromatic rings. The number of ether oxygens (including phenoxy) is 1. The van der Waals surface area contributed by atoms with Gasteiger partial charge in [0, 0.05) is 39.3 Å². The van der Waals surface area contributed by atoms with E-state index in [0.717, 1.165) is 12.0 Å². The van der Waals surface area contributed by atoms with Crippen LogP contribution in [-0.4, -0.2) is 32.1 Å². The second-order valence-corrected chi connectivity index (χ2v) is 4.21. The molecular formula is C14H20N2O3. The van der Waals surface area contributed by atoms with Gasteiger partial charge >= 0.3 is 0 Å². The summed E-state index contributed by atoms with van der Waals surface area (Å²) in [5.74, 6) is -0.165. The van der Waals surface area contributed by atoms with E-state index in [1.165, 1.54) is 6.92 Å². The first-order valence-electron chi connectivity index (χ1n) is 6.24. The van der Waals surface area contributed by atoms with Crippen molar-refractivity contribution >= 4 is 11.8 Å². The number of methoxy groups -OCH3 is 1. The van der Waals surface area contributed by atoms with Crippen molar-refractivity contribution in [2.24, 2.45) is 0 Å². The SMILES string of the molecule is COCCCNC(=O)c1ccc(CNC(C)=O)cc1. The maximum atomic E-state index is 11.8. The van der Waals surface area contributed by atoms with Crippen LogP contribution in [0.4, 0.5) is 0 Å². The van der Waals surface area contributed by atoms with Gasteiger partial charge in [-0.3, -0.25) is 9.59 Å². The van der Waals surface area contributed by atoms with Crippen molar-refractivity contribution in [3.05, 3.63) is 35.4 Å². The Kier molecular flexibility index (Phi) is 6.60. The first kappa shape index (κ1) is 15.2. The summed E-state index contributed by atoms with van der Waals surface area (Å²) in [5.41, 5.74) is 1.58. The van der Waals surface area contributed by atoms with E-state index in [4.69, 9.17) is 4.74 Å². The zero-order valence-corrected chi connectivity index (χ0v) is 11.4. The van der Waals surface area contributed by atoms with E-state index in [1.54, 1.807) is 19.2 Å². The first-order chi connectivity index (χ1) is 9.13. The average Bonchev–Trinajstić information content (AvgIpc) is 2.41. The normalized spacial score (nSPS) is 10.0. The van der Waals surface area contributed by atoms with Gasteiger partial charge in [0.05, 0.1) is 0 Å². The van der Waals surface area contributed by atoms with Gasteiger partial charge in [-0.1, -0.05) is 12.1 Å². The highest BCUT2D eigenvalue weighted by Crippen LogP contribution is 2.04. The molecule has 1 aromatic carbocycles. The fourth-order valence-corrected chi connectivity index (χ4v) is 1.52. The molecular weight excluding hydrogens is 244 g/mol. The van der Waals surface area contributed by atoms with E-state index in [1.807, 2.05) is 12.1 Å². The number of hydrogen-bond donors (Lipinski definition) is 2. The van der Waals surface area contributed by atoms with Gasteiger partial charge in [-0.05, 0) is 24.1 Å². The van der Waals surface area contributed by atoms with E-state index in [-0.39, 0.29) is 11.8 Å². The van der Waals surface area contributed by atoms with Crippen LogP contribution >= 0.6 is 0 Å². The Hall–Kier alpha value is -1.88. The molecule has 104 valence electrons. The Morgan fingerprint density at radius 3 is 2.42 bits per heavy atom. The van der Waals surface area contributed by atoms with Gasteiger partial charge in [0.25, 0.3) is 5.91 Å². The van der Waals surface area contributed by atoms with Gasteiger partial charge < -0.3 is 15.4 Å². The minimum atomic E-state index is -0.0952. The van der Waals surface area contributed by atoms with Crippen LogP contribution in [0.3, 0.4) is 0 Å². The highest BCUT2D eigenvalue weighted by atomic mass is 16.5. The molecule has 0 radical (unpaired) electrons. The van der Waals surface area contributed by atoms with Crippen LogP contribution in [0.5, 0.6) is 0 Å². The Bertz CT molecular complexity index is 415. The highest BCUT2D eigenvalue weighted by Gasteiger charge is 2.04. The lowest BCUT2D eigenvalue weighted by molar-refractivity contribution is -0.119. The molecule has 0 bridgehead atoms. The first-order valence-corrected chi connectivity index (χ1v) is 6.24. The van der Waals surface area contributed by atoms with Crippen LogP contribution in [0.15, 0.2) is 24.3 Å². The van der Waals surface area contributed by atoms with Gasteiger partial charge in [0.2, 0.25) is 5.91 Å². The summed E-state index contributed by atoms with van der Waals surface area (Å²) in [4.78, 5) is 22.5. The van der Waals surface area contributed by atoms with Crippen LogP contribution < -0.4 is 10.6 Å². The van der Waals surface area contributed by atoms with Crippen molar-refractivity contribution in [2.75, 3.05) is 20.3 Å². The molecule has 1 rings (SSSR count). The minimum Gasteiger partial charge on any atom is -0.385 e. The van der Waals surface area contributed by atoms with Crippen molar-refractivity contribution in [1.82, 2.24) is 10.6 Å². The molecule has 0 heterocycles. The second-order valence-electron chi connectivity index (χ2n) is 4.21. The maximum Gasteiger partial charge on any atom is 0.251 e. The third-order valence-corrected chi connectivity index (χ3v) is 2.57. The minimum absolute atomic E-state index is 0.0695. The lowest BCUT2D eigenvalue weighted by Crippen LogP contribution is -2.25. The van der Waals surface area contributed by atoms with E-state index < -0.39 is 0 Å². The third-order valence-electron chi connectivity index (χ3n) is 2.57. The fraction of sp³-hybridized carbons (Fsp3) is 0.429. The quantitative estimate of drug-likeness (QED) is 0.724. The van der Waals surface area contributed by atoms with Crippen molar-refractivity contribution in [2.45, 2.75) is 19.9 Å². The summed E-state index contributed by atoms with van der Waals surface area (Å²) in [6, 6.07) is 7.17. The molecule has 0 unspecified atom stereocenters. The van der Waals surface area contributed by atoms with Gasteiger partial charge in [-0.15, -0.1) is 0 Å². The van der Waals surface area contributed by atoms with Crippen LogP contribution in [-0.2, 0) is 16.1 Å². The third kappa shape index (κ3) is 6.01. The molecule has 0 aliphatic carbocycles. The molecule has 0 fully saturated rings. The van der Waals surface area contributed by atoms with Gasteiger partial charge in [-0.25, -0.2) is 0 Å². The molecule has 0 spiro atoms. The lowest BCUT2D eigenvalue weighted by Gasteiger charge is -2.06. The molecule has 0 saturated carbocycles. The van der Waals surface area contributed by atoms with Crippen molar-refractivity contribution < 1.29 is 14.3 Å².